The van der Waals surface area contributed by atoms with Gasteiger partial charge in [-0.15, -0.1) is 0 Å². The zero-order chi connectivity index (χ0) is 31.3. The molecule has 5 N–H and O–H groups in total. The first kappa shape index (κ1) is 40.5. The second kappa shape index (κ2) is 24.0. The van der Waals surface area contributed by atoms with Crippen LogP contribution in [0.5, 0.6) is 0 Å². The van der Waals surface area contributed by atoms with E-state index in [9.17, 15) is 22.2 Å². The number of carbonyl (C=O) groups is 1. The molecule has 0 fully saturated rings. The molecule has 230 valence electrons. The number of amides is 1. The number of aliphatic hydroxyl groups is 3. The fourth-order valence-electron chi connectivity index (χ4n) is 2.54. The van der Waals surface area contributed by atoms with Crippen molar-refractivity contribution >= 4 is 45.9 Å². The first-order chi connectivity index (χ1) is 18.8. The summed E-state index contributed by atoms with van der Waals surface area (Å²) in [5.41, 5.74) is -0.143. The van der Waals surface area contributed by atoms with Gasteiger partial charge in [-0.25, -0.2) is 13.2 Å². The molecule has 40 heavy (non-hydrogen) atoms. The van der Waals surface area contributed by atoms with Gasteiger partial charge in [0.05, 0.1) is 33.4 Å². The Balaban J connectivity index is 0. The van der Waals surface area contributed by atoms with Crippen LogP contribution in [0.2, 0.25) is 5.02 Å². The van der Waals surface area contributed by atoms with Gasteiger partial charge in [0.25, 0.3) is 5.91 Å². The Labute approximate surface area is 247 Å². The maximum atomic E-state index is 13.1. The summed E-state index contributed by atoms with van der Waals surface area (Å²) in [6.45, 7) is 8.56. The molecule has 2 rings (SSSR count). The van der Waals surface area contributed by atoms with Gasteiger partial charge >= 0.3 is 0 Å². The lowest BCUT2D eigenvalue weighted by atomic mass is 10.1. The van der Waals surface area contributed by atoms with E-state index in [0.717, 1.165) is 5.92 Å². The molecule has 2 aromatic rings. The zero-order valence-corrected chi connectivity index (χ0v) is 26.2. The third kappa shape index (κ3) is 18.6. The summed E-state index contributed by atoms with van der Waals surface area (Å²) in [6, 6.07) is 5.38. The highest BCUT2D eigenvalue weighted by atomic mass is 35.5. The molecular weight excluding hydrogens is 589 g/mol. The fraction of sp³-hybridized carbons (Fsp3) is 0.519. The Bertz CT molecular complexity index is 997. The van der Waals surface area contributed by atoms with E-state index in [1.54, 1.807) is 14.0 Å². The van der Waals surface area contributed by atoms with E-state index in [-0.39, 0.29) is 34.4 Å². The summed E-state index contributed by atoms with van der Waals surface area (Å²) >= 11 is 7.23. The summed E-state index contributed by atoms with van der Waals surface area (Å²) in [7, 11) is 0.367. The Kier molecular flexibility index (Phi) is 24.3. The van der Waals surface area contributed by atoms with Crippen LogP contribution < -0.4 is 10.0 Å². The molecule has 0 aromatic heterocycles. The second-order valence-electron chi connectivity index (χ2n) is 8.51. The van der Waals surface area contributed by atoms with Crippen molar-refractivity contribution in [2.45, 2.75) is 58.0 Å². The van der Waals surface area contributed by atoms with E-state index in [1.165, 1.54) is 55.7 Å². The molecule has 0 aliphatic rings. The second-order valence-corrected chi connectivity index (χ2v) is 11.3. The Morgan fingerprint density at radius 2 is 1.65 bits per heavy atom. The molecule has 0 heterocycles. The molecule has 1 amide bonds. The van der Waals surface area contributed by atoms with Crippen LogP contribution >= 0.6 is 23.5 Å². The third-order valence-corrected chi connectivity index (χ3v) is 6.75. The number of benzene rings is 2. The minimum Gasteiger partial charge on any atom is -0.397 e. The van der Waals surface area contributed by atoms with Gasteiger partial charge in [0, 0.05) is 42.0 Å². The van der Waals surface area contributed by atoms with Crippen molar-refractivity contribution in [2.75, 3.05) is 37.6 Å². The topological polar surface area (TPSA) is 119 Å². The quantitative estimate of drug-likeness (QED) is 0.167. The number of hydrogen-bond donors (Lipinski definition) is 5. The molecular formula is C27H42ClF3N2O5S2. The van der Waals surface area contributed by atoms with Crippen LogP contribution in [0, 0.1) is 23.4 Å². The van der Waals surface area contributed by atoms with Crippen molar-refractivity contribution in [1.29, 1.82) is 0 Å². The lowest BCUT2D eigenvalue weighted by Gasteiger charge is -2.08. The molecule has 0 radical (unpaired) electrons. The molecule has 0 bridgehead atoms. The van der Waals surface area contributed by atoms with Crippen molar-refractivity contribution in [3.05, 3.63) is 58.4 Å². The summed E-state index contributed by atoms with van der Waals surface area (Å²) in [4.78, 5) is 12.3. The molecule has 2 unspecified atom stereocenters. The highest BCUT2D eigenvalue weighted by molar-refractivity contribution is 7.97. The summed E-state index contributed by atoms with van der Waals surface area (Å²) in [5, 5.41) is 27.0. The van der Waals surface area contributed by atoms with Crippen molar-refractivity contribution in [2.24, 2.45) is 5.92 Å². The van der Waals surface area contributed by atoms with Crippen LogP contribution in [0.4, 0.5) is 18.9 Å². The number of unbranched alkanes of at least 4 members (excludes halogenated alkanes) is 1. The first-order valence-electron chi connectivity index (χ1n) is 12.6. The SMILES string of the molecule is CCCCC(C)C.CCO.CNSCC(O)CO.CS(=O)c1cc(C(=O)Nc2cc(F)c(F)c(F)c2)ccc1Cl. The number of halogens is 4. The van der Waals surface area contributed by atoms with Gasteiger partial charge in [0.15, 0.2) is 17.5 Å². The van der Waals surface area contributed by atoms with E-state index in [2.05, 4.69) is 30.8 Å². The minimum absolute atomic E-state index is 0.0970. The van der Waals surface area contributed by atoms with Crippen LogP contribution in [0.25, 0.3) is 0 Å². The van der Waals surface area contributed by atoms with E-state index >= 15 is 0 Å². The molecule has 0 aliphatic heterocycles. The molecule has 2 atom stereocenters. The van der Waals surface area contributed by atoms with Gasteiger partial charge in [0.2, 0.25) is 0 Å². The molecule has 0 saturated carbocycles. The highest BCUT2D eigenvalue weighted by Crippen LogP contribution is 2.22. The average molecular weight is 631 g/mol. The van der Waals surface area contributed by atoms with Crippen LogP contribution in [0.3, 0.4) is 0 Å². The zero-order valence-electron chi connectivity index (χ0n) is 23.8. The Hall–Kier alpha value is -1.67. The smallest absolute Gasteiger partial charge is 0.255 e. The first-order valence-corrected chi connectivity index (χ1v) is 15.5. The van der Waals surface area contributed by atoms with Gasteiger partial charge < -0.3 is 20.6 Å². The van der Waals surface area contributed by atoms with Crippen molar-refractivity contribution in [3.8, 4) is 0 Å². The summed E-state index contributed by atoms with van der Waals surface area (Å²) in [5.74, 6) is -3.71. The van der Waals surface area contributed by atoms with Crippen molar-refractivity contribution in [3.63, 3.8) is 0 Å². The van der Waals surface area contributed by atoms with Crippen LogP contribution in [0.1, 0.15) is 57.3 Å². The van der Waals surface area contributed by atoms with Crippen molar-refractivity contribution < 1.29 is 37.5 Å². The highest BCUT2D eigenvalue weighted by Gasteiger charge is 2.15. The number of hydrogen-bond acceptors (Lipinski definition) is 7. The molecule has 0 spiro atoms. The molecule has 2 aromatic carbocycles. The predicted molar refractivity (Wildman–Crippen MR) is 160 cm³/mol. The molecule has 7 nitrogen and oxygen atoms in total. The predicted octanol–water partition coefficient (Wildman–Crippen LogP) is 5.79. The minimum atomic E-state index is -1.62. The average Bonchev–Trinajstić information content (AvgIpc) is 2.90. The summed E-state index contributed by atoms with van der Waals surface area (Å²) < 4.78 is 53.3. The van der Waals surface area contributed by atoms with Gasteiger partial charge in [-0.3, -0.25) is 13.7 Å². The van der Waals surface area contributed by atoms with Gasteiger partial charge in [-0.2, -0.15) is 0 Å². The normalized spacial score (nSPS) is 11.7. The number of aliphatic hydroxyl groups excluding tert-OH is 3. The number of nitrogens with one attached hydrogen (secondary N) is 2. The molecule has 0 aliphatic carbocycles. The maximum absolute atomic E-state index is 13.1. The third-order valence-electron chi connectivity index (χ3n) is 4.51. The number of carbonyl (C=O) groups excluding carboxylic acids is 1. The van der Waals surface area contributed by atoms with E-state index < -0.39 is 40.3 Å². The monoisotopic (exact) mass is 630 g/mol. The van der Waals surface area contributed by atoms with E-state index in [1.807, 2.05) is 0 Å². The van der Waals surface area contributed by atoms with Crippen LogP contribution in [-0.2, 0) is 10.8 Å². The van der Waals surface area contributed by atoms with Gasteiger partial charge in [0.1, 0.15) is 0 Å². The molecule has 0 saturated heterocycles. The summed E-state index contributed by atoms with van der Waals surface area (Å²) in [6.07, 6.45) is 4.95. The van der Waals surface area contributed by atoms with Gasteiger partial charge in [-0.05, 0) is 38.1 Å². The lowest BCUT2D eigenvalue weighted by Crippen LogP contribution is -2.16. The van der Waals surface area contributed by atoms with Gasteiger partial charge in [-0.1, -0.05) is 63.6 Å². The lowest BCUT2D eigenvalue weighted by molar-refractivity contribution is 0.102. The Morgan fingerprint density at radius 3 is 2.05 bits per heavy atom. The maximum Gasteiger partial charge on any atom is 0.255 e. The van der Waals surface area contributed by atoms with Crippen LogP contribution in [0.15, 0.2) is 35.2 Å². The largest absolute Gasteiger partial charge is 0.397 e. The fourth-order valence-corrected chi connectivity index (χ4v) is 4.08. The molecule has 13 heteroatoms. The van der Waals surface area contributed by atoms with E-state index in [0.29, 0.717) is 17.9 Å². The number of anilines is 1. The number of rotatable bonds is 10. The Morgan fingerprint density at radius 1 is 1.10 bits per heavy atom. The standard InChI is InChI=1S/C14H9ClF3NO2S.C7H16.C4H11NO2S.C2H6O/c1-22(21)12-4-7(2-3-9(12)15)14(20)19-8-5-10(16)13(18)11(17)6-8;1-4-5-6-7(2)3;1-5-8-3-4(7)2-6;1-2-3/h2-6H,1H3,(H,19,20);7H,4-6H2,1-3H3;4-7H,2-3H2,1H3;3H,2H2,1H3. The van der Waals surface area contributed by atoms with E-state index in [4.69, 9.17) is 26.9 Å². The van der Waals surface area contributed by atoms with Crippen molar-refractivity contribution in [1.82, 2.24) is 4.72 Å². The van der Waals surface area contributed by atoms with Crippen LogP contribution in [-0.4, -0.2) is 63.8 Å².